The fourth-order valence-corrected chi connectivity index (χ4v) is 4.70. The standard InChI is InChI=1S/C28H31N5O/c1-2-22-9-8-10-25(19-22)30-27(34)23-13-17-31(18-14-23)21-24-20-29-33(26-11-4-3-5-12-26)28(24)32-15-6-7-16-32/h3-12,15-16,19-20,23H,2,13-14,17-18,21H2,1H3,(H,30,34). The second-order valence-electron chi connectivity index (χ2n) is 8.92. The fourth-order valence-electron chi connectivity index (χ4n) is 4.70. The summed E-state index contributed by atoms with van der Waals surface area (Å²) in [6.07, 6.45) is 8.79. The van der Waals surface area contributed by atoms with Gasteiger partial charge < -0.3 is 9.88 Å². The first-order valence-corrected chi connectivity index (χ1v) is 12.1. The van der Waals surface area contributed by atoms with Crippen LogP contribution < -0.4 is 5.32 Å². The molecule has 1 fully saturated rings. The van der Waals surface area contributed by atoms with E-state index in [1.54, 1.807) is 0 Å². The maximum absolute atomic E-state index is 12.9. The molecule has 6 heteroatoms. The number of aryl methyl sites for hydroxylation is 1. The lowest BCUT2D eigenvalue weighted by molar-refractivity contribution is -0.121. The van der Waals surface area contributed by atoms with Crippen molar-refractivity contribution in [2.75, 3.05) is 18.4 Å². The van der Waals surface area contributed by atoms with Gasteiger partial charge in [-0.15, -0.1) is 0 Å². The molecule has 0 saturated carbocycles. The van der Waals surface area contributed by atoms with E-state index in [1.165, 1.54) is 11.1 Å². The molecule has 4 aromatic rings. The highest BCUT2D eigenvalue weighted by Gasteiger charge is 2.26. The number of benzene rings is 2. The normalized spacial score (nSPS) is 14.9. The van der Waals surface area contributed by atoms with Crippen LogP contribution in [0.25, 0.3) is 11.5 Å². The smallest absolute Gasteiger partial charge is 0.227 e. The van der Waals surface area contributed by atoms with Gasteiger partial charge in [0.1, 0.15) is 5.82 Å². The summed E-state index contributed by atoms with van der Waals surface area (Å²) in [5.41, 5.74) is 4.36. The Kier molecular flexibility index (Phi) is 6.58. The number of hydrogen-bond acceptors (Lipinski definition) is 3. The summed E-state index contributed by atoms with van der Waals surface area (Å²) in [4.78, 5) is 15.3. The van der Waals surface area contributed by atoms with Crippen molar-refractivity contribution >= 4 is 11.6 Å². The number of likely N-dealkylation sites (tertiary alicyclic amines) is 1. The maximum atomic E-state index is 12.9. The molecule has 0 unspecified atom stereocenters. The molecule has 174 valence electrons. The van der Waals surface area contributed by atoms with Crippen molar-refractivity contribution in [2.24, 2.45) is 5.92 Å². The summed E-state index contributed by atoms with van der Waals surface area (Å²) in [5.74, 6) is 1.25. The average Bonchev–Trinajstić information content (AvgIpc) is 3.55. The van der Waals surface area contributed by atoms with Crippen LogP contribution in [0.1, 0.15) is 30.9 Å². The van der Waals surface area contributed by atoms with Gasteiger partial charge in [0, 0.05) is 36.1 Å². The van der Waals surface area contributed by atoms with Gasteiger partial charge in [-0.1, -0.05) is 37.3 Å². The Bertz CT molecular complexity index is 1220. The minimum atomic E-state index is 0.0532. The van der Waals surface area contributed by atoms with Crippen molar-refractivity contribution in [2.45, 2.75) is 32.7 Å². The van der Waals surface area contributed by atoms with Gasteiger partial charge >= 0.3 is 0 Å². The molecule has 0 aliphatic carbocycles. The van der Waals surface area contributed by atoms with Crippen molar-refractivity contribution in [1.82, 2.24) is 19.2 Å². The van der Waals surface area contributed by atoms with E-state index in [2.05, 4.69) is 58.4 Å². The Balaban J connectivity index is 1.25. The zero-order valence-electron chi connectivity index (χ0n) is 19.6. The van der Waals surface area contributed by atoms with E-state index in [0.717, 1.165) is 56.1 Å². The second-order valence-corrected chi connectivity index (χ2v) is 8.92. The molecule has 0 bridgehead atoms. The quantitative estimate of drug-likeness (QED) is 0.425. The van der Waals surface area contributed by atoms with E-state index >= 15 is 0 Å². The van der Waals surface area contributed by atoms with Gasteiger partial charge in [-0.05, 0) is 74.3 Å². The molecule has 5 rings (SSSR count). The molecular weight excluding hydrogens is 422 g/mol. The van der Waals surface area contributed by atoms with Crippen LogP contribution in [0.5, 0.6) is 0 Å². The zero-order valence-corrected chi connectivity index (χ0v) is 19.6. The lowest BCUT2D eigenvalue weighted by Crippen LogP contribution is -2.37. The molecule has 2 aromatic heterocycles. The SMILES string of the molecule is CCc1cccc(NC(=O)C2CCN(Cc3cnn(-c4ccccc4)c3-n3cccc3)CC2)c1. The van der Waals surface area contributed by atoms with Gasteiger partial charge in [0.25, 0.3) is 0 Å². The van der Waals surface area contributed by atoms with E-state index in [-0.39, 0.29) is 11.8 Å². The van der Waals surface area contributed by atoms with E-state index in [4.69, 9.17) is 5.10 Å². The van der Waals surface area contributed by atoms with Crippen molar-refractivity contribution in [1.29, 1.82) is 0 Å². The average molecular weight is 454 g/mol. The number of hydrogen-bond donors (Lipinski definition) is 1. The minimum absolute atomic E-state index is 0.0532. The van der Waals surface area contributed by atoms with Crippen molar-refractivity contribution in [3.63, 3.8) is 0 Å². The largest absolute Gasteiger partial charge is 0.326 e. The Morgan fingerprint density at radius 3 is 2.50 bits per heavy atom. The maximum Gasteiger partial charge on any atom is 0.227 e. The summed E-state index contributed by atoms with van der Waals surface area (Å²) in [6.45, 7) is 4.73. The number of anilines is 1. The Morgan fingerprint density at radius 1 is 1.00 bits per heavy atom. The Morgan fingerprint density at radius 2 is 1.76 bits per heavy atom. The van der Waals surface area contributed by atoms with Crippen LogP contribution in [-0.4, -0.2) is 38.2 Å². The van der Waals surface area contributed by atoms with Gasteiger partial charge in [-0.2, -0.15) is 5.10 Å². The highest BCUT2D eigenvalue weighted by Crippen LogP contribution is 2.25. The summed E-state index contributed by atoms with van der Waals surface area (Å²) in [5, 5.41) is 7.84. The molecule has 34 heavy (non-hydrogen) atoms. The van der Waals surface area contributed by atoms with Crippen LogP contribution in [0.2, 0.25) is 0 Å². The van der Waals surface area contributed by atoms with Crippen molar-refractivity contribution in [3.05, 3.63) is 96.4 Å². The molecule has 6 nitrogen and oxygen atoms in total. The number of piperidine rings is 1. The van der Waals surface area contributed by atoms with Crippen LogP contribution in [0.15, 0.2) is 85.3 Å². The lowest BCUT2D eigenvalue weighted by Gasteiger charge is -2.31. The summed E-state index contributed by atoms with van der Waals surface area (Å²) in [7, 11) is 0. The fraction of sp³-hybridized carbons (Fsp3) is 0.286. The molecule has 2 aromatic carbocycles. The summed E-state index contributed by atoms with van der Waals surface area (Å²) < 4.78 is 4.12. The molecule has 1 amide bonds. The van der Waals surface area contributed by atoms with Crippen LogP contribution >= 0.6 is 0 Å². The number of nitrogens with zero attached hydrogens (tertiary/aromatic N) is 4. The van der Waals surface area contributed by atoms with E-state index in [0.29, 0.717) is 0 Å². The van der Waals surface area contributed by atoms with Crippen molar-refractivity contribution < 1.29 is 4.79 Å². The third-order valence-electron chi connectivity index (χ3n) is 6.62. The van der Waals surface area contributed by atoms with Gasteiger partial charge in [-0.3, -0.25) is 9.69 Å². The molecule has 3 heterocycles. The predicted octanol–water partition coefficient (Wildman–Crippen LogP) is 5.08. The highest BCUT2D eigenvalue weighted by molar-refractivity contribution is 5.92. The van der Waals surface area contributed by atoms with Crippen LogP contribution in [-0.2, 0) is 17.8 Å². The van der Waals surface area contributed by atoms with E-state index in [9.17, 15) is 4.79 Å². The number of nitrogens with one attached hydrogen (secondary N) is 1. The highest BCUT2D eigenvalue weighted by atomic mass is 16.1. The third kappa shape index (κ3) is 4.82. The molecule has 0 atom stereocenters. The lowest BCUT2D eigenvalue weighted by atomic mass is 9.95. The first kappa shape index (κ1) is 22.2. The molecule has 0 radical (unpaired) electrons. The minimum Gasteiger partial charge on any atom is -0.326 e. The molecule has 1 aliphatic rings. The molecule has 1 saturated heterocycles. The van der Waals surface area contributed by atoms with E-state index < -0.39 is 0 Å². The van der Waals surface area contributed by atoms with E-state index in [1.807, 2.05) is 53.3 Å². The first-order valence-electron chi connectivity index (χ1n) is 12.1. The zero-order chi connectivity index (χ0) is 23.3. The number of carbonyl (C=O) groups is 1. The molecule has 0 spiro atoms. The third-order valence-corrected chi connectivity index (χ3v) is 6.62. The summed E-state index contributed by atoms with van der Waals surface area (Å²) in [6, 6.07) is 22.4. The summed E-state index contributed by atoms with van der Waals surface area (Å²) >= 11 is 0. The number of carbonyl (C=O) groups excluding carboxylic acids is 1. The Hall–Kier alpha value is -3.64. The monoisotopic (exact) mass is 453 g/mol. The van der Waals surface area contributed by atoms with Crippen LogP contribution in [0, 0.1) is 5.92 Å². The van der Waals surface area contributed by atoms with Crippen molar-refractivity contribution in [3.8, 4) is 11.5 Å². The van der Waals surface area contributed by atoms with Crippen LogP contribution in [0.3, 0.4) is 0 Å². The molecule has 1 aliphatic heterocycles. The molecular formula is C28H31N5O. The molecule has 1 N–H and O–H groups in total. The number of rotatable bonds is 7. The van der Waals surface area contributed by atoms with Gasteiger partial charge in [0.05, 0.1) is 11.9 Å². The van der Waals surface area contributed by atoms with Gasteiger partial charge in [-0.25, -0.2) is 4.68 Å². The number of amides is 1. The van der Waals surface area contributed by atoms with Gasteiger partial charge in [0.15, 0.2) is 0 Å². The second kappa shape index (κ2) is 10.1. The topological polar surface area (TPSA) is 55.1 Å². The van der Waals surface area contributed by atoms with Crippen LogP contribution in [0.4, 0.5) is 5.69 Å². The predicted molar refractivity (Wildman–Crippen MR) is 135 cm³/mol. The number of para-hydroxylation sites is 1. The van der Waals surface area contributed by atoms with Gasteiger partial charge in [0.2, 0.25) is 5.91 Å². The first-order chi connectivity index (χ1) is 16.7. The number of aromatic nitrogens is 3. The Labute approximate surface area is 200 Å².